The van der Waals surface area contributed by atoms with Gasteiger partial charge in [-0.3, -0.25) is 14.3 Å². The fraction of sp³-hybridized carbons (Fsp3) is 0.556. The molecule has 1 aromatic heterocycles. The standard InChI is InChI=1S/C9H14N3O6PS/c13-5-6-3-11(19(16,17)20)4-8(18-6)12-2-1-7(14)10-9(12)15/h1-2,6,8,13H,3-5H2,(H,10,14,15)(H2,16,17,20). The van der Waals surface area contributed by atoms with E-state index in [0.29, 0.717) is 0 Å². The molecule has 0 spiro atoms. The van der Waals surface area contributed by atoms with E-state index in [9.17, 15) is 24.5 Å². The molecule has 0 aliphatic carbocycles. The molecule has 1 aromatic rings. The summed E-state index contributed by atoms with van der Waals surface area (Å²) in [6, 6.07) is 1.14. The predicted molar refractivity (Wildman–Crippen MR) is 72.6 cm³/mol. The van der Waals surface area contributed by atoms with Gasteiger partial charge in [0.05, 0.1) is 19.3 Å². The van der Waals surface area contributed by atoms with Gasteiger partial charge in [0.25, 0.3) is 12.2 Å². The Morgan fingerprint density at radius 2 is 2.15 bits per heavy atom. The number of hydrogen-bond donors (Lipinski definition) is 4. The second-order valence-corrected chi connectivity index (χ2v) is 7.36. The van der Waals surface area contributed by atoms with Crippen LogP contribution < -0.4 is 11.2 Å². The summed E-state index contributed by atoms with van der Waals surface area (Å²) in [5.41, 5.74) is -1.24. The minimum atomic E-state index is -3.69. The molecule has 1 fully saturated rings. The van der Waals surface area contributed by atoms with E-state index in [1.165, 1.54) is 10.9 Å². The minimum absolute atomic E-state index is 0.0350. The molecule has 2 unspecified atom stereocenters. The third-order valence-electron chi connectivity index (χ3n) is 2.86. The molecular formula is C9H14N3O6PS. The van der Waals surface area contributed by atoms with Crippen molar-refractivity contribution in [3.63, 3.8) is 0 Å². The Labute approximate surface area is 118 Å². The van der Waals surface area contributed by atoms with Crippen LogP contribution >= 0.6 is 6.64 Å². The zero-order valence-electron chi connectivity index (χ0n) is 10.2. The van der Waals surface area contributed by atoms with Gasteiger partial charge in [-0.1, -0.05) is 0 Å². The average Bonchev–Trinajstić information content (AvgIpc) is 2.37. The van der Waals surface area contributed by atoms with Crippen LogP contribution in [0.2, 0.25) is 0 Å². The monoisotopic (exact) mass is 323 g/mol. The molecule has 0 bridgehead atoms. The van der Waals surface area contributed by atoms with E-state index in [2.05, 4.69) is 16.8 Å². The predicted octanol–water partition coefficient (Wildman–Crippen LogP) is -2.06. The van der Waals surface area contributed by atoms with Crippen LogP contribution in [0, 0.1) is 0 Å². The maximum Gasteiger partial charge on any atom is 0.330 e. The van der Waals surface area contributed by atoms with E-state index in [1.54, 1.807) is 0 Å². The van der Waals surface area contributed by atoms with Gasteiger partial charge in [0.15, 0.2) is 6.23 Å². The molecule has 2 atom stereocenters. The van der Waals surface area contributed by atoms with Crippen LogP contribution in [-0.2, 0) is 16.5 Å². The minimum Gasteiger partial charge on any atom is -0.394 e. The Bertz CT molecular complexity index is 639. The zero-order valence-corrected chi connectivity index (χ0v) is 12.0. The Kier molecular flexibility index (Phi) is 4.55. The van der Waals surface area contributed by atoms with Crippen LogP contribution in [0.5, 0.6) is 0 Å². The number of aromatic amines is 1. The fourth-order valence-electron chi connectivity index (χ4n) is 1.92. The molecular weight excluding hydrogens is 309 g/mol. The SMILES string of the molecule is O=c1ccn(C2CN(P(O)(O)=S)CC(CO)O2)c(=O)[nH]1. The van der Waals surface area contributed by atoms with Crippen LogP contribution in [0.3, 0.4) is 0 Å². The van der Waals surface area contributed by atoms with Crippen molar-refractivity contribution in [3.05, 3.63) is 33.1 Å². The van der Waals surface area contributed by atoms with Gasteiger partial charge in [0, 0.05) is 18.8 Å². The molecule has 112 valence electrons. The molecule has 0 amide bonds. The summed E-state index contributed by atoms with van der Waals surface area (Å²) in [6.45, 7) is -4.03. The summed E-state index contributed by atoms with van der Waals surface area (Å²) >= 11 is 4.63. The Hall–Kier alpha value is -0.870. The highest BCUT2D eigenvalue weighted by Crippen LogP contribution is 2.43. The molecule has 0 radical (unpaired) electrons. The van der Waals surface area contributed by atoms with Crippen LogP contribution in [0.15, 0.2) is 21.9 Å². The van der Waals surface area contributed by atoms with Crippen LogP contribution in [-0.4, -0.2) is 54.9 Å². The molecule has 9 nitrogen and oxygen atoms in total. The van der Waals surface area contributed by atoms with Gasteiger partial charge in [-0.2, -0.15) is 0 Å². The molecule has 0 saturated carbocycles. The summed E-state index contributed by atoms with van der Waals surface area (Å²) in [7, 11) is 0. The Morgan fingerprint density at radius 3 is 2.70 bits per heavy atom. The number of morpholine rings is 1. The molecule has 1 aliphatic heterocycles. The maximum atomic E-state index is 11.7. The molecule has 20 heavy (non-hydrogen) atoms. The van der Waals surface area contributed by atoms with Gasteiger partial charge in [-0.15, -0.1) is 0 Å². The van der Waals surface area contributed by atoms with E-state index >= 15 is 0 Å². The summed E-state index contributed by atoms with van der Waals surface area (Å²) in [4.78, 5) is 43.9. The molecule has 1 saturated heterocycles. The number of aliphatic hydroxyl groups excluding tert-OH is 1. The van der Waals surface area contributed by atoms with E-state index in [0.717, 1.165) is 10.6 Å². The molecule has 11 heteroatoms. The lowest BCUT2D eigenvalue weighted by Crippen LogP contribution is -2.48. The van der Waals surface area contributed by atoms with Crippen molar-refractivity contribution in [1.29, 1.82) is 0 Å². The summed E-state index contributed by atoms with van der Waals surface area (Å²) < 4.78 is 7.75. The summed E-state index contributed by atoms with van der Waals surface area (Å²) in [5, 5.41) is 9.17. The van der Waals surface area contributed by atoms with Crippen LogP contribution in [0.1, 0.15) is 6.23 Å². The molecule has 2 rings (SSSR count). The third-order valence-corrected chi connectivity index (χ3v) is 4.62. The number of ether oxygens (including phenoxy) is 1. The highest BCUT2D eigenvalue weighted by atomic mass is 32.5. The first-order chi connectivity index (χ1) is 9.31. The molecule has 2 heterocycles. The molecule has 1 aliphatic rings. The number of H-pyrrole nitrogens is 1. The molecule has 0 aromatic carbocycles. The van der Waals surface area contributed by atoms with Gasteiger partial charge in [-0.05, 0) is 11.8 Å². The summed E-state index contributed by atoms with van der Waals surface area (Å²) in [5.74, 6) is 0. The Morgan fingerprint density at radius 1 is 1.45 bits per heavy atom. The average molecular weight is 323 g/mol. The lowest BCUT2D eigenvalue weighted by Gasteiger charge is -2.39. The van der Waals surface area contributed by atoms with Crippen LogP contribution in [0.25, 0.3) is 0 Å². The topological polar surface area (TPSA) is 128 Å². The highest BCUT2D eigenvalue weighted by Gasteiger charge is 2.34. The second kappa shape index (κ2) is 5.86. The van der Waals surface area contributed by atoms with Crippen molar-refractivity contribution in [1.82, 2.24) is 14.2 Å². The first-order valence-corrected chi connectivity index (χ1v) is 8.36. The lowest BCUT2D eigenvalue weighted by molar-refractivity contribution is -0.120. The second-order valence-electron chi connectivity index (χ2n) is 4.30. The quantitative estimate of drug-likeness (QED) is 0.468. The van der Waals surface area contributed by atoms with Crippen molar-refractivity contribution in [2.75, 3.05) is 19.7 Å². The normalized spacial score (nSPS) is 24.8. The summed E-state index contributed by atoms with van der Waals surface area (Å²) in [6.07, 6.45) is -0.358. The number of rotatable bonds is 3. The lowest BCUT2D eigenvalue weighted by atomic mass is 10.3. The van der Waals surface area contributed by atoms with E-state index < -0.39 is 30.2 Å². The number of nitrogens with zero attached hydrogens (tertiary/aromatic N) is 2. The third kappa shape index (κ3) is 3.41. The van der Waals surface area contributed by atoms with Crippen molar-refractivity contribution in [2.24, 2.45) is 0 Å². The smallest absolute Gasteiger partial charge is 0.330 e. The van der Waals surface area contributed by atoms with Crippen molar-refractivity contribution in [3.8, 4) is 0 Å². The van der Waals surface area contributed by atoms with E-state index in [4.69, 9.17) is 4.74 Å². The molecule has 4 N–H and O–H groups in total. The largest absolute Gasteiger partial charge is 0.394 e. The van der Waals surface area contributed by atoms with Crippen molar-refractivity contribution in [2.45, 2.75) is 12.3 Å². The van der Waals surface area contributed by atoms with Gasteiger partial charge >= 0.3 is 5.69 Å². The number of hydrogen-bond acceptors (Lipinski definition) is 5. The first-order valence-electron chi connectivity index (χ1n) is 5.70. The van der Waals surface area contributed by atoms with Gasteiger partial charge < -0.3 is 19.6 Å². The Balaban J connectivity index is 2.33. The van der Waals surface area contributed by atoms with Gasteiger partial charge in [0.2, 0.25) is 0 Å². The van der Waals surface area contributed by atoms with Gasteiger partial charge in [0.1, 0.15) is 0 Å². The van der Waals surface area contributed by atoms with Gasteiger partial charge in [-0.25, -0.2) is 9.46 Å². The number of nitrogens with one attached hydrogen (secondary N) is 1. The maximum absolute atomic E-state index is 11.7. The number of aliphatic hydroxyl groups is 1. The highest BCUT2D eigenvalue weighted by molar-refractivity contribution is 8.07. The van der Waals surface area contributed by atoms with E-state index in [-0.39, 0.29) is 19.7 Å². The number of aromatic nitrogens is 2. The zero-order chi connectivity index (χ0) is 14.9. The van der Waals surface area contributed by atoms with E-state index in [1.807, 2.05) is 0 Å². The van der Waals surface area contributed by atoms with Crippen molar-refractivity contribution >= 4 is 18.4 Å². The fourth-order valence-corrected chi connectivity index (χ4v) is 3.07. The van der Waals surface area contributed by atoms with Crippen molar-refractivity contribution < 1.29 is 19.6 Å². The van der Waals surface area contributed by atoms with Crippen LogP contribution in [0.4, 0.5) is 0 Å². The first kappa shape index (κ1) is 15.5.